The van der Waals surface area contributed by atoms with E-state index in [0.29, 0.717) is 0 Å². The van der Waals surface area contributed by atoms with Crippen molar-refractivity contribution in [2.24, 2.45) is 0 Å². The molecular formula is C11H19N3OS. The van der Waals surface area contributed by atoms with Gasteiger partial charge in [0, 0.05) is 32.4 Å². The molecule has 5 heteroatoms. The van der Waals surface area contributed by atoms with E-state index in [-0.39, 0.29) is 0 Å². The smallest absolute Gasteiger partial charge is 0.185 e. The molecule has 0 aliphatic carbocycles. The van der Waals surface area contributed by atoms with Crippen LogP contribution in [0.3, 0.4) is 0 Å². The van der Waals surface area contributed by atoms with E-state index < -0.39 is 6.10 Å². The summed E-state index contributed by atoms with van der Waals surface area (Å²) in [6.45, 7) is 9.42. The Kier molecular flexibility index (Phi) is 3.78. The maximum Gasteiger partial charge on any atom is 0.185 e. The lowest BCUT2D eigenvalue weighted by Crippen LogP contribution is -2.46. The van der Waals surface area contributed by atoms with Crippen molar-refractivity contribution in [3.8, 4) is 0 Å². The number of aliphatic hydroxyl groups excluding tert-OH is 1. The maximum atomic E-state index is 9.46. The Labute approximate surface area is 101 Å². The lowest BCUT2D eigenvalue weighted by molar-refractivity contribution is 0.203. The minimum atomic E-state index is -0.400. The molecule has 2 heterocycles. The van der Waals surface area contributed by atoms with Gasteiger partial charge in [0.1, 0.15) is 0 Å². The van der Waals surface area contributed by atoms with Crippen molar-refractivity contribution in [1.82, 2.24) is 9.88 Å². The monoisotopic (exact) mass is 241 g/mol. The summed E-state index contributed by atoms with van der Waals surface area (Å²) in [4.78, 5) is 10.1. The fraction of sp³-hybridized carbons (Fsp3) is 0.727. The highest BCUT2D eigenvalue weighted by atomic mass is 32.1. The summed E-state index contributed by atoms with van der Waals surface area (Å²) in [5.41, 5.74) is 0. The molecule has 1 aromatic rings. The van der Waals surface area contributed by atoms with Crippen molar-refractivity contribution in [2.45, 2.75) is 20.0 Å². The van der Waals surface area contributed by atoms with Crippen LogP contribution in [0, 0.1) is 0 Å². The van der Waals surface area contributed by atoms with E-state index >= 15 is 0 Å². The number of aromatic nitrogens is 1. The second kappa shape index (κ2) is 5.12. The lowest BCUT2D eigenvalue weighted by atomic mass is 10.3. The fourth-order valence-electron chi connectivity index (χ4n) is 1.87. The number of likely N-dealkylation sites (N-methyl/N-ethyl adjacent to an activating group) is 1. The van der Waals surface area contributed by atoms with Gasteiger partial charge in [-0.2, -0.15) is 0 Å². The fourth-order valence-corrected chi connectivity index (χ4v) is 2.78. The van der Waals surface area contributed by atoms with E-state index in [1.54, 1.807) is 24.5 Å². The lowest BCUT2D eigenvalue weighted by Gasteiger charge is -2.33. The van der Waals surface area contributed by atoms with Gasteiger partial charge in [0.15, 0.2) is 5.13 Å². The molecule has 0 spiro atoms. The van der Waals surface area contributed by atoms with Crippen LogP contribution in [0.25, 0.3) is 0 Å². The highest BCUT2D eigenvalue weighted by Crippen LogP contribution is 2.27. The number of piperazine rings is 1. The molecule has 0 aromatic carbocycles. The van der Waals surface area contributed by atoms with Gasteiger partial charge in [-0.1, -0.05) is 18.3 Å². The van der Waals surface area contributed by atoms with E-state index in [0.717, 1.165) is 42.7 Å². The van der Waals surface area contributed by atoms with Gasteiger partial charge in [0.25, 0.3) is 0 Å². The first-order valence-electron chi connectivity index (χ1n) is 5.81. The average molecular weight is 241 g/mol. The third kappa shape index (κ3) is 2.53. The first-order valence-corrected chi connectivity index (χ1v) is 6.63. The Hall–Kier alpha value is -0.650. The molecule has 1 unspecified atom stereocenters. The largest absolute Gasteiger partial charge is 0.388 e. The van der Waals surface area contributed by atoms with Crippen LogP contribution in [-0.2, 0) is 0 Å². The van der Waals surface area contributed by atoms with Gasteiger partial charge in [0.2, 0.25) is 0 Å². The Morgan fingerprint density at radius 1 is 1.44 bits per heavy atom. The van der Waals surface area contributed by atoms with Crippen LogP contribution in [0.15, 0.2) is 6.20 Å². The highest BCUT2D eigenvalue weighted by molar-refractivity contribution is 7.15. The van der Waals surface area contributed by atoms with Crippen LogP contribution in [0.2, 0.25) is 0 Å². The predicted octanol–water partition coefficient (Wildman–Crippen LogP) is 1.34. The summed E-state index contributed by atoms with van der Waals surface area (Å²) in [6.07, 6.45) is 1.39. The predicted molar refractivity (Wildman–Crippen MR) is 67.1 cm³/mol. The molecular weight excluding hydrogens is 222 g/mol. The van der Waals surface area contributed by atoms with Crippen molar-refractivity contribution in [3.05, 3.63) is 11.1 Å². The molecule has 90 valence electrons. The third-order valence-electron chi connectivity index (χ3n) is 3.01. The minimum Gasteiger partial charge on any atom is -0.388 e. The van der Waals surface area contributed by atoms with Crippen LogP contribution in [0.1, 0.15) is 24.8 Å². The molecule has 0 bridgehead atoms. The van der Waals surface area contributed by atoms with Gasteiger partial charge in [0.05, 0.1) is 11.0 Å². The molecule has 1 aliphatic heterocycles. The van der Waals surface area contributed by atoms with Crippen molar-refractivity contribution >= 4 is 16.5 Å². The zero-order valence-corrected chi connectivity index (χ0v) is 10.7. The Morgan fingerprint density at radius 2 is 2.12 bits per heavy atom. The second-order valence-corrected chi connectivity index (χ2v) is 5.18. The Balaban J connectivity index is 1.97. The number of rotatable bonds is 3. The van der Waals surface area contributed by atoms with Crippen LogP contribution in [0.4, 0.5) is 5.13 Å². The normalized spacial score (nSPS) is 20.1. The van der Waals surface area contributed by atoms with E-state index in [9.17, 15) is 5.11 Å². The van der Waals surface area contributed by atoms with Crippen molar-refractivity contribution in [1.29, 1.82) is 0 Å². The number of aliphatic hydroxyl groups is 1. The molecule has 0 amide bonds. The summed E-state index contributed by atoms with van der Waals surface area (Å²) in [7, 11) is 0. The number of hydrogen-bond donors (Lipinski definition) is 1. The van der Waals surface area contributed by atoms with Gasteiger partial charge in [-0.3, -0.25) is 0 Å². The summed E-state index contributed by atoms with van der Waals surface area (Å²) in [5, 5.41) is 10.5. The molecule has 1 saturated heterocycles. The third-order valence-corrected chi connectivity index (χ3v) is 4.24. The van der Waals surface area contributed by atoms with Crippen molar-refractivity contribution in [3.63, 3.8) is 0 Å². The average Bonchev–Trinajstić information content (AvgIpc) is 2.78. The number of nitrogens with zero attached hydrogens (tertiary/aromatic N) is 3. The minimum absolute atomic E-state index is 0.400. The van der Waals surface area contributed by atoms with E-state index in [2.05, 4.69) is 21.7 Å². The molecule has 16 heavy (non-hydrogen) atoms. The quantitative estimate of drug-likeness (QED) is 0.867. The van der Waals surface area contributed by atoms with E-state index in [4.69, 9.17) is 0 Å². The summed E-state index contributed by atoms with van der Waals surface area (Å²) in [6, 6.07) is 0. The molecule has 1 aliphatic rings. The maximum absolute atomic E-state index is 9.46. The second-order valence-electron chi connectivity index (χ2n) is 4.14. The zero-order valence-electron chi connectivity index (χ0n) is 9.89. The SMILES string of the molecule is CCN1CCN(c2ncc(C(C)O)s2)CC1. The van der Waals surface area contributed by atoms with Crippen LogP contribution < -0.4 is 4.90 Å². The first kappa shape index (κ1) is 11.8. The number of hydrogen-bond acceptors (Lipinski definition) is 5. The Bertz CT molecular complexity index is 332. The number of thiazole rings is 1. The highest BCUT2D eigenvalue weighted by Gasteiger charge is 2.18. The van der Waals surface area contributed by atoms with Gasteiger partial charge >= 0.3 is 0 Å². The molecule has 0 radical (unpaired) electrons. The molecule has 2 rings (SSSR count). The van der Waals surface area contributed by atoms with Gasteiger partial charge in [-0.15, -0.1) is 0 Å². The molecule has 0 saturated carbocycles. The van der Waals surface area contributed by atoms with Gasteiger partial charge in [-0.05, 0) is 13.5 Å². The first-order chi connectivity index (χ1) is 7.70. The van der Waals surface area contributed by atoms with E-state index in [1.807, 2.05) is 0 Å². The summed E-state index contributed by atoms with van der Waals surface area (Å²) in [5.74, 6) is 0. The molecule has 1 N–H and O–H groups in total. The summed E-state index contributed by atoms with van der Waals surface area (Å²) >= 11 is 1.60. The standard InChI is InChI=1S/C11H19N3OS/c1-3-13-4-6-14(7-5-13)11-12-8-10(16-11)9(2)15/h8-9,15H,3-7H2,1-2H3. The Morgan fingerprint density at radius 3 is 2.62 bits per heavy atom. The van der Waals surface area contributed by atoms with Crippen LogP contribution in [0.5, 0.6) is 0 Å². The van der Waals surface area contributed by atoms with Crippen LogP contribution >= 0.6 is 11.3 Å². The molecule has 4 nitrogen and oxygen atoms in total. The zero-order chi connectivity index (χ0) is 11.5. The number of anilines is 1. The molecule has 1 fully saturated rings. The van der Waals surface area contributed by atoms with Crippen molar-refractivity contribution < 1.29 is 5.11 Å². The van der Waals surface area contributed by atoms with Crippen LogP contribution in [-0.4, -0.2) is 47.7 Å². The van der Waals surface area contributed by atoms with E-state index in [1.165, 1.54) is 0 Å². The van der Waals surface area contributed by atoms with Crippen molar-refractivity contribution in [2.75, 3.05) is 37.6 Å². The topological polar surface area (TPSA) is 39.6 Å². The molecule has 1 aromatic heterocycles. The molecule has 1 atom stereocenters. The van der Waals surface area contributed by atoms with Gasteiger partial charge in [-0.25, -0.2) is 4.98 Å². The van der Waals surface area contributed by atoms with Gasteiger partial charge < -0.3 is 14.9 Å². The summed E-state index contributed by atoms with van der Waals surface area (Å²) < 4.78 is 0.